The number of Topliss-reactive ketones (excluding diaryl/α,β-unsaturated/α-hetero) is 1. The van der Waals surface area contributed by atoms with Gasteiger partial charge in [-0.2, -0.15) is 0 Å². The third-order valence-corrected chi connectivity index (χ3v) is 4.46. The molecule has 3 aliphatic rings. The maximum atomic E-state index is 12.1. The standard InChI is InChI=1S/C11H16O2/c12-10-8-1-2-9(7-8)11(10)3-5-13-6-4-11/h8-9H,1-7H2. The summed E-state index contributed by atoms with van der Waals surface area (Å²) in [5, 5.41) is 0. The van der Waals surface area contributed by atoms with Crippen molar-refractivity contribution >= 4 is 5.78 Å². The summed E-state index contributed by atoms with van der Waals surface area (Å²) in [4.78, 5) is 12.1. The number of hydrogen-bond donors (Lipinski definition) is 0. The Bertz CT molecular complexity index is 240. The van der Waals surface area contributed by atoms with E-state index < -0.39 is 0 Å². The second kappa shape index (κ2) is 2.57. The van der Waals surface area contributed by atoms with Gasteiger partial charge in [-0.25, -0.2) is 0 Å². The van der Waals surface area contributed by atoms with Crippen LogP contribution in [0.1, 0.15) is 32.1 Å². The van der Waals surface area contributed by atoms with Gasteiger partial charge in [0.25, 0.3) is 0 Å². The highest BCUT2D eigenvalue weighted by atomic mass is 16.5. The topological polar surface area (TPSA) is 26.3 Å². The van der Waals surface area contributed by atoms with E-state index >= 15 is 0 Å². The second-order valence-electron chi connectivity index (χ2n) is 4.84. The number of ketones is 1. The van der Waals surface area contributed by atoms with Crippen molar-refractivity contribution in [1.29, 1.82) is 0 Å². The van der Waals surface area contributed by atoms with Crippen molar-refractivity contribution in [2.24, 2.45) is 17.3 Å². The zero-order valence-electron chi connectivity index (χ0n) is 7.92. The van der Waals surface area contributed by atoms with E-state index in [1.54, 1.807) is 0 Å². The van der Waals surface area contributed by atoms with Gasteiger partial charge in [0.2, 0.25) is 0 Å². The van der Waals surface area contributed by atoms with E-state index in [4.69, 9.17) is 4.74 Å². The van der Waals surface area contributed by atoms with E-state index in [9.17, 15) is 4.79 Å². The quantitative estimate of drug-likeness (QED) is 0.568. The maximum Gasteiger partial charge on any atom is 0.142 e. The van der Waals surface area contributed by atoms with Gasteiger partial charge in [-0.05, 0) is 38.0 Å². The summed E-state index contributed by atoms with van der Waals surface area (Å²) in [6, 6.07) is 0. The van der Waals surface area contributed by atoms with Crippen LogP contribution in [0.2, 0.25) is 0 Å². The summed E-state index contributed by atoms with van der Waals surface area (Å²) in [6.07, 6.45) is 5.68. The van der Waals surface area contributed by atoms with Crippen LogP contribution in [0.5, 0.6) is 0 Å². The molecule has 2 saturated carbocycles. The molecule has 2 heteroatoms. The van der Waals surface area contributed by atoms with Crippen molar-refractivity contribution < 1.29 is 9.53 Å². The van der Waals surface area contributed by atoms with Crippen molar-refractivity contribution in [3.05, 3.63) is 0 Å². The highest BCUT2D eigenvalue weighted by molar-refractivity contribution is 5.90. The van der Waals surface area contributed by atoms with Crippen LogP contribution in [0.3, 0.4) is 0 Å². The van der Waals surface area contributed by atoms with Crippen molar-refractivity contribution in [2.75, 3.05) is 13.2 Å². The minimum atomic E-state index is 0.0845. The SMILES string of the molecule is O=C1C2CCC(C2)C12CCOCC2. The van der Waals surface area contributed by atoms with E-state index in [0.29, 0.717) is 17.6 Å². The van der Waals surface area contributed by atoms with Gasteiger partial charge in [0.15, 0.2) is 0 Å². The smallest absolute Gasteiger partial charge is 0.142 e. The van der Waals surface area contributed by atoms with Crippen LogP contribution >= 0.6 is 0 Å². The predicted molar refractivity (Wildman–Crippen MR) is 48.3 cm³/mol. The predicted octanol–water partition coefficient (Wildman–Crippen LogP) is 1.78. The van der Waals surface area contributed by atoms with Crippen LogP contribution in [-0.4, -0.2) is 19.0 Å². The lowest BCUT2D eigenvalue weighted by Gasteiger charge is -2.39. The van der Waals surface area contributed by atoms with Gasteiger partial charge in [0, 0.05) is 24.5 Å². The number of carbonyl (C=O) groups excluding carboxylic acids is 1. The molecule has 3 rings (SSSR count). The first-order valence-electron chi connectivity index (χ1n) is 5.45. The third kappa shape index (κ3) is 0.899. The molecule has 2 aliphatic carbocycles. The monoisotopic (exact) mass is 180 g/mol. The number of carbonyl (C=O) groups is 1. The Hall–Kier alpha value is -0.370. The maximum absolute atomic E-state index is 12.1. The molecular formula is C11H16O2. The van der Waals surface area contributed by atoms with E-state index in [1.165, 1.54) is 19.3 Å². The molecule has 1 saturated heterocycles. The van der Waals surface area contributed by atoms with Crippen LogP contribution in [0.15, 0.2) is 0 Å². The van der Waals surface area contributed by atoms with E-state index in [0.717, 1.165) is 26.1 Å². The van der Waals surface area contributed by atoms with E-state index in [-0.39, 0.29) is 5.41 Å². The lowest BCUT2D eigenvalue weighted by Crippen LogP contribution is -2.41. The van der Waals surface area contributed by atoms with Gasteiger partial charge >= 0.3 is 0 Å². The van der Waals surface area contributed by atoms with Crippen molar-refractivity contribution in [1.82, 2.24) is 0 Å². The highest BCUT2D eigenvalue weighted by Gasteiger charge is 2.57. The van der Waals surface area contributed by atoms with E-state index in [1.807, 2.05) is 0 Å². The van der Waals surface area contributed by atoms with Crippen LogP contribution in [0.4, 0.5) is 0 Å². The van der Waals surface area contributed by atoms with Crippen LogP contribution in [0.25, 0.3) is 0 Å². The van der Waals surface area contributed by atoms with Crippen molar-refractivity contribution in [3.8, 4) is 0 Å². The summed E-state index contributed by atoms with van der Waals surface area (Å²) in [5.41, 5.74) is 0.0845. The van der Waals surface area contributed by atoms with Crippen LogP contribution in [0, 0.1) is 17.3 Å². The molecule has 0 aromatic heterocycles. The summed E-state index contributed by atoms with van der Waals surface area (Å²) in [5.74, 6) is 1.74. The van der Waals surface area contributed by atoms with Gasteiger partial charge in [0.05, 0.1) is 0 Å². The molecule has 3 fully saturated rings. The molecule has 0 amide bonds. The fourth-order valence-corrected chi connectivity index (χ4v) is 3.72. The molecule has 2 bridgehead atoms. The lowest BCUT2D eigenvalue weighted by atomic mass is 9.67. The summed E-state index contributed by atoms with van der Waals surface area (Å²) < 4.78 is 5.36. The average Bonchev–Trinajstić information content (AvgIpc) is 2.73. The van der Waals surface area contributed by atoms with Gasteiger partial charge in [-0.1, -0.05) is 0 Å². The first-order valence-corrected chi connectivity index (χ1v) is 5.45. The first-order chi connectivity index (χ1) is 6.33. The molecule has 2 unspecified atom stereocenters. The Morgan fingerprint density at radius 1 is 1.23 bits per heavy atom. The molecule has 2 atom stereocenters. The number of fused-ring (bicyclic) bond motifs is 3. The molecule has 0 radical (unpaired) electrons. The largest absolute Gasteiger partial charge is 0.381 e. The molecular weight excluding hydrogens is 164 g/mol. The Morgan fingerprint density at radius 3 is 2.62 bits per heavy atom. The number of ether oxygens (including phenoxy) is 1. The summed E-state index contributed by atoms with van der Waals surface area (Å²) in [6.45, 7) is 1.63. The van der Waals surface area contributed by atoms with Crippen LogP contribution in [-0.2, 0) is 9.53 Å². The normalized spacial score (nSPS) is 41.7. The summed E-state index contributed by atoms with van der Waals surface area (Å²) in [7, 11) is 0. The molecule has 0 aromatic rings. The van der Waals surface area contributed by atoms with Gasteiger partial charge < -0.3 is 4.74 Å². The molecule has 2 nitrogen and oxygen atoms in total. The Kier molecular flexibility index (Phi) is 1.58. The highest BCUT2D eigenvalue weighted by Crippen LogP contribution is 2.57. The zero-order chi connectivity index (χ0) is 8.89. The molecule has 13 heavy (non-hydrogen) atoms. The fraction of sp³-hybridized carbons (Fsp3) is 0.909. The lowest BCUT2D eigenvalue weighted by molar-refractivity contribution is -0.138. The second-order valence-corrected chi connectivity index (χ2v) is 4.84. The van der Waals surface area contributed by atoms with Gasteiger partial charge in [-0.3, -0.25) is 4.79 Å². The zero-order valence-corrected chi connectivity index (χ0v) is 7.92. The average molecular weight is 180 g/mol. The van der Waals surface area contributed by atoms with Crippen LogP contribution < -0.4 is 0 Å². The number of rotatable bonds is 0. The molecule has 1 aliphatic heterocycles. The minimum absolute atomic E-state index is 0.0845. The minimum Gasteiger partial charge on any atom is -0.381 e. The van der Waals surface area contributed by atoms with E-state index in [2.05, 4.69) is 0 Å². The summed E-state index contributed by atoms with van der Waals surface area (Å²) >= 11 is 0. The van der Waals surface area contributed by atoms with Crippen molar-refractivity contribution in [2.45, 2.75) is 32.1 Å². The molecule has 0 aromatic carbocycles. The Morgan fingerprint density at radius 2 is 2.00 bits per heavy atom. The number of hydrogen-bond acceptors (Lipinski definition) is 2. The first kappa shape index (κ1) is 7.98. The Labute approximate surface area is 78.6 Å². The fourth-order valence-electron chi connectivity index (χ4n) is 3.72. The van der Waals surface area contributed by atoms with Gasteiger partial charge in [-0.15, -0.1) is 0 Å². The van der Waals surface area contributed by atoms with Gasteiger partial charge in [0.1, 0.15) is 5.78 Å². The third-order valence-electron chi connectivity index (χ3n) is 4.46. The molecule has 72 valence electrons. The molecule has 1 spiro atoms. The Balaban J connectivity index is 1.92. The molecule has 1 heterocycles. The van der Waals surface area contributed by atoms with Crippen molar-refractivity contribution in [3.63, 3.8) is 0 Å². The molecule has 0 N–H and O–H groups in total.